The predicted molar refractivity (Wildman–Crippen MR) is 94.2 cm³/mol. The molecule has 0 aromatic carbocycles. The third kappa shape index (κ3) is 591. The highest BCUT2D eigenvalue weighted by molar-refractivity contribution is 4.78. The number of hydrogen-bond donors (Lipinski definition) is 0. The molecule has 0 unspecified atom stereocenters. The average molecular weight is 259 g/mol. The Morgan fingerprint density at radius 2 is 0.889 bits per heavy atom. The minimum Gasteiger partial charge on any atom is -0.124 e. The van der Waals surface area contributed by atoms with Crippen molar-refractivity contribution >= 4 is 0 Å². The van der Waals surface area contributed by atoms with Gasteiger partial charge >= 0.3 is 0 Å². The van der Waals surface area contributed by atoms with Gasteiger partial charge in [0.25, 0.3) is 0 Å². The molecule has 0 amide bonds. The van der Waals surface area contributed by atoms with Gasteiger partial charge in [-0.1, -0.05) is 81.2 Å². The zero-order valence-electron chi connectivity index (χ0n) is 15.6. The van der Waals surface area contributed by atoms with Gasteiger partial charge in [-0.15, -0.1) is 19.4 Å². The summed E-state index contributed by atoms with van der Waals surface area (Å²) in [5.41, 5.74) is 1.71. The highest BCUT2D eigenvalue weighted by atomic mass is 14.1. The first-order valence-electron chi connectivity index (χ1n) is 7.25. The second-order valence-electron chi connectivity index (χ2n) is 4.12. The van der Waals surface area contributed by atoms with E-state index in [9.17, 15) is 0 Å². The van der Waals surface area contributed by atoms with Gasteiger partial charge in [-0.05, 0) is 19.3 Å². The minimum absolute atomic E-state index is 0.542. The van der Waals surface area contributed by atoms with E-state index in [1.165, 1.54) is 12.0 Å². The lowest BCUT2D eigenvalue weighted by Crippen LogP contribution is -2.00. The third-order valence-corrected chi connectivity index (χ3v) is 1.06. The molecule has 0 aliphatic rings. The van der Waals surface area contributed by atoms with Crippen molar-refractivity contribution < 1.29 is 0 Å². The van der Waals surface area contributed by atoms with E-state index in [-0.39, 0.29) is 0 Å². The molecule has 0 aromatic rings. The summed E-state index contributed by atoms with van der Waals surface area (Å²) >= 11 is 0. The second kappa shape index (κ2) is 44.1. The van der Waals surface area contributed by atoms with Crippen LogP contribution in [0.4, 0.5) is 0 Å². The number of allylic oxidation sites excluding steroid dienone is 1. The Labute approximate surface area is 120 Å². The summed E-state index contributed by atoms with van der Waals surface area (Å²) in [6.07, 6.45) is 9.27. The Kier molecular flexibility index (Phi) is 88.2. The maximum absolute atomic E-state index is 4.00. The molecule has 0 aliphatic carbocycles. The van der Waals surface area contributed by atoms with Gasteiger partial charge in [0.15, 0.2) is 0 Å². The van der Waals surface area contributed by atoms with Crippen LogP contribution in [0, 0.1) is 18.3 Å². The Bertz CT molecular complexity index is 106. The van der Waals surface area contributed by atoms with E-state index >= 15 is 0 Å². The van der Waals surface area contributed by atoms with Crippen LogP contribution in [0.3, 0.4) is 0 Å². The molecule has 0 fully saturated rings. The molecule has 18 heavy (non-hydrogen) atoms. The molecule has 0 aromatic heterocycles. The molecular formula is C18H42. The van der Waals surface area contributed by atoms with Crippen molar-refractivity contribution in [3.05, 3.63) is 12.2 Å². The zero-order chi connectivity index (χ0) is 16.8. The lowest BCUT2D eigenvalue weighted by Gasteiger charge is -2.12. The maximum atomic E-state index is 4.00. The molecule has 0 saturated carbocycles. The van der Waals surface area contributed by atoms with Gasteiger partial charge in [0, 0.05) is 0 Å². The van der Waals surface area contributed by atoms with Gasteiger partial charge < -0.3 is 0 Å². The monoisotopic (exact) mass is 258 g/mol. The van der Waals surface area contributed by atoms with E-state index in [2.05, 4.69) is 47.1 Å². The van der Waals surface area contributed by atoms with Crippen molar-refractivity contribution in [1.29, 1.82) is 0 Å². The van der Waals surface area contributed by atoms with Gasteiger partial charge in [-0.3, -0.25) is 0 Å². The molecule has 0 heterocycles. The summed E-state index contributed by atoms with van der Waals surface area (Å²) in [4.78, 5) is 0. The predicted octanol–water partition coefficient (Wildman–Crippen LogP) is 7.35. The third-order valence-electron chi connectivity index (χ3n) is 1.06. The fourth-order valence-electron chi connectivity index (χ4n) is 0. The molecule has 0 radical (unpaired) electrons. The van der Waals surface area contributed by atoms with E-state index in [1.54, 1.807) is 0 Å². The topological polar surface area (TPSA) is 0 Å². The standard InChI is InChI=1S/C6H14.C4H8.3C2H6.C2H2/c1-5-6(2,3)4;1-4(2)3;4*1-2/h5H2,1-4H3;1H2,2-3H3;3*1-2H3;1-2H. The van der Waals surface area contributed by atoms with Crippen molar-refractivity contribution in [3.63, 3.8) is 0 Å². The SMILES string of the molecule is C#C.C=C(C)C.CC.CC.CC.CCC(C)(C)C. The van der Waals surface area contributed by atoms with Crippen LogP contribution in [0.2, 0.25) is 0 Å². The molecule has 0 nitrogen and oxygen atoms in total. The molecule has 0 bridgehead atoms. The molecular weight excluding hydrogens is 216 g/mol. The van der Waals surface area contributed by atoms with Crippen LogP contribution in [0.25, 0.3) is 0 Å². The molecule has 0 heteroatoms. The van der Waals surface area contributed by atoms with Gasteiger partial charge in [-0.25, -0.2) is 0 Å². The molecule has 0 spiro atoms. The zero-order valence-corrected chi connectivity index (χ0v) is 15.6. The van der Waals surface area contributed by atoms with Crippen LogP contribution in [0.1, 0.15) is 89.5 Å². The molecule has 0 rings (SSSR count). The van der Waals surface area contributed by atoms with E-state index in [0.29, 0.717) is 5.41 Å². The minimum atomic E-state index is 0.542. The van der Waals surface area contributed by atoms with Gasteiger partial charge in [-0.2, -0.15) is 0 Å². The smallest absolute Gasteiger partial charge is 0.0385 e. The largest absolute Gasteiger partial charge is 0.124 e. The summed E-state index contributed by atoms with van der Waals surface area (Å²) in [6, 6.07) is 0. The summed E-state index contributed by atoms with van der Waals surface area (Å²) in [5, 5.41) is 0. The Morgan fingerprint density at radius 3 is 0.889 bits per heavy atom. The molecule has 0 aliphatic heterocycles. The summed E-state index contributed by atoms with van der Waals surface area (Å²) in [6.45, 7) is 28.4. The number of rotatable bonds is 0. The van der Waals surface area contributed by atoms with E-state index in [0.717, 1.165) is 0 Å². The van der Waals surface area contributed by atoms with Crippen LogP contribution in [0.5, 0.6) is 0 Å². The van der Waals surface area contributed by atoms with E-state index in [1.807, 2.05) is 55.4 Å². The summed E-state index contributed by atoms with van der Waals surface area (Å²) < 4.78 is 0. The van der Waals surface area contributed by atoms with E-state index < -0.39 is 0 Å². The molecule has 0 saturated heterocycles. The average Bonchev–Trinajstić information content (AvgIpc) is 2.37. The van der Waals surface area contributed by atoms with Gasteiger partial charge in [0.2, 0.25) is 0 Å². The first-order valence-corrected chi connectivity index (χ1v) is 7.25. The van der Waals surface area contributed by atoms with Crippen molar-refractivity contribution in [2.24, 2.45) is 5.41 Å². The van der Waals surface area contributed by atoms with Crippen LogP contribution >= 0.6 is 0 Å². The summed E-state index contributed by atoms with van der Waals surface area (Å²) in [7, 11) is 0. The first kappa shape index (κ1) is 36.0. The lowest BCUT2D eigenvalue weighted by molar-refractivity contribution is 0.398. The number of hydrogen-bond acceptors (Lipinski definition) is 0. The van der Waals surface area contributed by atoms with Crippen molar-refractivity contribution in [2.45, 2.75) is 89.5 Å². The van der Waals surface area contributed by atoms with Crippen LogP contribution < -0.4 is 0 Å². The highest BCUT2D eigenvalue weighted by Crippen LogP contribution is 2.16. The molecule has 0 N–H and O–H groups in total. The second-order valence-corrected chi connectivity index (χ2v) is 4.12. The van der Waals surface area contributed by atoms with E-state index in [4.69, 9.17) is 0 Å². The fourth-order valence-corrected chi connectivity index (χ4v) is 0. The van der Waals surface area contributed by atoms with Crippen LogP contribution in [-0.2, 0) is 0 Å². The molecule has 114 valence electrons. The Balaban J connectivity index is -0.0000000264. The van der Waals surface area contributed by atoms with Crippen molar-refractivity contribution in [2.75, 3.05) is 0 Å². The Hall–Kier alpha value is -0.700. The quantitative estimate of drug-likeness (QED) is 0.314. The van der Waals surface area contributed by atoms with Crippen molar-refractivity contribution in [3.8, 4) is 12.8 Å². The van der Waals surface area contributed by atoms with Gasteiger partial charge in [0.05, 0.1) is 0 Å². The normalized spacial score (nSPS) is 6.56. The molecule has 0 atom stereocenters. The Morgan fingerprint density at radius 1 is 0.833 bits per heavy atom. The van der Waals surface area contributed by atoms with Crippen molar-refractivity contribution in [1.82, 2.24) is 0 Å². The van der Waals surface area contributed by atoms with Crippen LogP contribution in [-0.4, -0.2) is 0 Å². The lowest BCUT2D eigenvalue weighted by atomic mass is 9.94. The highest BCUT2D eigenvalue weighted by Gasteiger charge is 2.03. The number of terminal acetylenes is 1. The first-order chi connectivity index (χ1) is 8.29. The van der Waals surface area contributed by atoms with Gasteiger partial charge in [0.1, 0.15) is 0 Å². The summed E-state index contributed by atoms with van der Waals surface area (Å²) in [5.74, 6) is 0. The van der Waals surface area contributed by atoms with Crippen LogP contribution in [0.15, 0.2) is 12.2 Å². The fraction of sp³-hybridized carbons (Fsp3) is 0.778. The maximum Gasteiger partial charge on any atom is -0.0385 e.